The zero-order valence-electron chi connectivity index (χ0n) is 28.9. The Hall–Kier alpha value is -7.10. The molecule has 0 fully saturated rings. The lowest BCUT2D eigenvalue weighted by molar-refractivity contribution is 0.965. The van der Waals surface area contributed by atoms with Crippen LogP contribution in [0.1, 0.15) is 0 Å². The number of nitrogens with zero attached hydrogens (tertiary/aromatic N) is 3. The van der Waals surface area contributed by atoms with Gasteiger partial charge in [-0.3, -0.25) is 0 Å². The number of fused-ring (bicyclic) bond motifs is 3. The first kappa shape index (κ1) is 30.7. The van der Waals surface area contributed by atoms with E-state index in [9.17, 15) is 0 Å². The van der Waals surface area contributed by atoms with Crippen molar-refractivity contribution in [2.24, 2.45) is 0 Å². The fraction of sp³-hybridized carbons (Fsp3) is 0. The molecule has 53 heavy (non-hydrogen) atoms. The summed E-state index contributed by atoms with van der Waals surface area (Å²) in [6.45, 7) is 0. The van der Waals surface area contributed by atoms with Gasteiger partial charge < -0.3 is 0 Å². The maximum atomic E-state index is 5.33. The number of hydrogen-bond acceptors (Lipinski definition) is 2. The number of pyridine rings is 2. The molecule has 3 aromatic heterocycles. The number of hydrogen-bond donors (Lipinski definition) is 0. The van der Waals surface area contributed by atoms with Gasteiger partial charge in [-0.05, 0) is 73.6 Å². The summed E-state index contributed by atoms with van der Waals surface area (Å²) < 4.78 is 1.98. The summed E-state index contributed by atoms with van der Waals surface area (Å²) in [5, 5.41) is 10.2. The van der Waals surface area contributed by atoms with E-state index in [4.69, 9.17) is 10.1 Å². The molecule has 0 spiro atoms. The third kappa shape index (κ3) is 5.56. The molecule has 0 N–H and O–H groups in total. The molecule has 0 unspecified atom stereocenters. The van der Waals surface area contributed by atoms with Crippen LogP contribution in [0.15, 0.2) is 200 Å². The molecule has 0 aliphatic heterocycles. The standard InChI is InChI=1S/C50H33N3/c1-2-14-40(15-3-1)49-48-22-8-9-31-53(48)52-50(49)41-32-46(38-27-23-36(24-28-38)44-20-10-16-34-12-4-6-18-42(34)44)51-47(33-41)39-29-25-37(26-30-39)45-21-11-17-35-13-5-7-19-43(35)45/h1-33H. The molecule has 0 aliphatic rings. The van der Waals surface area contributed by atoms with E-state index in [0.29, 0.717) is 0 Å². The van der Waals surface area contributed by atoms with Crippen LogP contribution in [0.4, 0.5) is 0 Å². The summed E-state index contributed by atoms with van der Waals surface area (Å²) >= 11 is 0. The third-order valence-electron chi connectivity index (χ3n) is 10.3. The molecule has 7 aromatic carbocycles. The third-order valence-corrected chi connectivity index (χ3v) is 10.3. The summed E-state index contributed by atoms with van der Waals surface area (Å²) in [6.07, 6.45) is 2.02. The molecule has 0 saturated heterocycles. The van der Waals surface area contributed by atoms with E-state index in [-0.39, 0.29) is 0 Å². The van der Waals surface area contributed by atoms with Crippen LogP contribution in [-0.4, -0.2) is 14.6 Å². The second-order valence-electron chi connectivity index (χ2n) is 13.5. The van der Waals surface area contributed by atoms with E-state index in [1.807, 2.05) is 16.8 Å². The molecule has 0 radical (unpaired) electrons. The zero-order chi connectivity index (χ0) is 35.1. The fourth-order valence-corrected chi connectivity index (χ4v) is 7.65. The predicted molar refractivity (Wildman–Crippen MR) is 221 cm³/mol. The maximum absolute atomic E-state index is 5.33. The molecule has 0 amide bonds. The highest BCUT2D eigenvalue weighted by atomic mass is 15.2. The van der Waals surface area contributed by atoms with E-state index in [2.05, 4.69) is 188 Å². The molecule has 3 nitrogen and oxygen atoms in total. The highest BCUT2D eigenvalue weighted by Crippen LogP contribution is 2.39. The Kier molecular flexibility index (Phi) is 7.47. The van der Waals surface area contributed by atoms with Crippen LogP contribution in [0.5, 0.6) is 0 Å². The lowest BCUT2D eigenvalue weighted by Gasteiger charge is -2.12. The monoisotopic (exact) mass is 675 g/mol. The first-order valence-electron chi connectivity index (χ1n) is 18.0. The van der Waals surface area contributed by atoms with Crippen LogP contribution in [0, 0.1) is 0 Å². The molecule has 0 atom stereocenters. The Morgan fingerprint density at radius 2 is 0.849 bits per heavy atom. The Morgan fingerprint density at radius 1 is 0.358 bits per heavy atom. The van der Waals surface area contributed by atoms with Crippen LogP contribution in [-0.2, 0) is 0 Å². The molecule has 0 aliphatic carbocycles. The van der Waals surface area contributed by atoms with Gasteiger partial charge in [0.1, 0.15) is 5.69 Å². The topological polar surface area (TPSA) is 30.2 Å². The Bertz CT molecular complexity index is 2770. The SMILES string of the molecule is c1ccc(-c2c(-c3cc(-c4ccc(-c5cccc6ccccc56)cc4)nc(-c4ccc(-c5cccc6ccccc56)cc4)c3)nn3ccccc23)cc1. The van der Waals surface area contributed by atoms with Gasteiger partial charge in [0.25, 0.3) is 0 Å². The average molecular weight is 676 g/mol. The summed E-state index contributed by atoms with van der Waals surface area (Å²) in [4.78, 5) is 5.33. The Labute approximate surface area is 308 Å². The van der Waals surface area contributed by atoms with Crippen molar-refractivity contribution in [3.8, 4) is 67.2 Å². The molecule has 3 heteroatoms. The molecular weight excluding hydrogens is 643 g/mol. The molecule has 3 heterocycles. The van der Waals surface area contributed by atoms with Gasteiger partial charge in [-0.1, -0.05) is 170 Å². The van der Waals surface area contributed by atoms with Crippen LogP contribution in [0.3, 0.4) is 0 Å². The summed E-state index contributed by atoms with van der Waals surface area (Å²) in [5.74, 6) is 0. The molecule has 0 bridgehead atoms. The van der Waals surface area contributed by atoms with Crippen molar-refractivity contribution >= 4 is 27.1 Å². The largest absolute Gasteiger partial charge is 0.248 e. The number of aromatic nitrogens is 3. The highest BCUT2D eigenvalue weighted by molar-refractivity contribution is 5.98. The van der Waals surface area contributed by atoms with E-state index >= 15 is 0 Å². The normalized spacial score (nSPS) is 11.4. The molecule has 10 rings (SSSR count). The van der Waals surface area contributed by atoms with Crippen molar-refractivity contribution in [2.45, 2.75) is 0 Å². The van der Waals surface area contributed by atoms with Gasteiger partial charge in [0.15, 0.2) is 0 Å². The maximum Gasteiger partial charge on any atom is 0.101 e. The molecule has 248 valence electrons. The quantitative estimate of drug-likeness (QED) is 0.176. The lowest BCUT2D eigenvalue weighted by Crippen LogP contribution is -1.93. The van der Waals surface area contributed by atoms with Crippen molar-refractivity contribution in [1.29, 1.82) is 0 Å². The second-order valence-corrected chi connectivity index (χ2v) is 13.5. The van der Waals surface area contributed by atoms with E-state index in [0.717, 1.165) is 50.4 Å². The molecular formula is C50H33N3. The predicted octanol–water partition coefficient (Wildman–Crippen LogP) is 13.0. The van der Waals surface area contributed by atoms with Crippen LogP contribution in [0.2, 0.25) is 0 Å². The van der Waals surface area contributed by atoms with Crippen LogP contribution >= 0.6 is 0 Å². The Balaban J connectivity index is 1.13. The summed E-state index contributed by atoms with van der Waals surface area (Å²) in [6, 6.07) is 68.9. The average Bonchev–Trinajstić information content (AvgIpc) is 3.63. The van der Waals surface area contributed by atoms with Crippen molar-refractivity contribution in [1.82, 2.24) is 14.6 Å². The van der Waals surface area contributed by atoms with E-state index < -0.39 is 0 Å². The number of rotatable bonds is 6. The van der Waals surface area contributed by atoms with Crippen molar-refractivity contribution < 1.29 is 0 Å². The van der Waals surface area contributed by atoms with Crippen LogP contribution in [0.25, 0.3) is 94.2 Å². The van der Waals surface area contributed by atoms with Crippen LogP contribution < -0.4 is 0 Å². The lowest BCUT2D eigenvalue weighted by atomic mass is 9.95. The van der Waals surface area contributed by atoms with Gasteiger partial charge in [-0.25, -0.2) is 9.50 Å². The zero-order valence-corrected chi connectivity index (χ0v) is 28.9. The first-order chi connectivity index (χ1) is 26.3. The number of benzene rings is 7. The first-order valence-corrected chi connectivity index (χ1v) is 18.0. The minimum absolute atomic E-state index is 0.899. The van der Waals surface area contributed by atoms with Gasteiger partial charge in [0.05, 0.1) is 16.9 Å². The van der Waals surface area contributed by atoms with Gasteiger partial charge in [-0.2, -0.15) is 5.10 Å². The second kappa shape index (κ2) is 12.9. The smallest absolute Gasteiger partial charge is 0.101 e. The highest BCUT2D eigenvalue weighted by Gasteiger charge is 2.19. The minimum atomic E-state index is 0.899. The van der Waals surface area contributed by atoms with Gasteiger partial charge in [0.2, 0.25) is 0 Å². The summed E-state index contributed by atoms with van der Waals surface area (Å²) in [5.41, 5.74) is 13.9. The van der Waals surface area contributed by atoms with Crippen molar-refractivity contribution in [2.75, 3.05) is 0 Å². The van der Waals surface area contributed by atoms with Crippen molar-refractivity contribution in [3.05, 3.63) is 200 Å². The van der Waals surface area contributed by atoms with E-state index in [1.54, 1.807) is 0 Å². The molecule has 0 saturated carbocycles. The van der Waals surface area contributed by atoms with Gasteiger partial charge in [-0.15, -0.1) is 0 Å². The van der Waals surface area contributed by atoms with Gasteiger partial charge >= 0.3 is 0 Å². The van der Waals surface area contributed by atoms with Crippen molar-refractivity contribution in [3.63, 3.8) is 0 Å². The Morgan fingerprint density at radius 3 is 1.43 bits per heavy atom. The van der Waals surface area contributed by atoms with E-state index in [1.165, 1.54) is 43.8 Å². The minimum Gasteiger partial charge on any atom is -0.248 e. The fourth-order valence-electron chi connectivity index (χ4n) is 7.65. The van der Waals surface area contributed by atoms with Gasteiger partial charge in [0, 0.05) is 28.5 Å². The molecule has 10 aromatic rings. The summed E-state index contributed by atoms with van der Waals surface area (Å²) in [7, 11) is 0.